The Morgan fingerprint density at radius 3 is 2.80 bits per heavy atom. The third kappa shape index (κ3) is 3.35. The minimum absolute atomic E-state index is 0.235. The van der Waals surface area contributed by atoms with Gasteiger partial charge < -0.3 is 5.32 Å². The van der Waals surface area contributed by atoms with Crippen LogP contribution in [0.2, 0.25) is 0 Å². The molecule has 6 heteroatoms. The Morgan fingerprint density at radius 1 is 1.30 bits per heavy atom. The third-order valence-electron chi connectivity index (χ3n) is 3.69. The highest BCUT2D eigenvalue weighted by Crippen LogP contribution is 2.34. The second-order valence-electron chi connectivity index (χ2n) is 5.31. The summed E-state index contributed by atoms with van der Waals surface area (Å²) in [6.45, 7) is 1.51. The van der Waals surface area contributed by atoms with E-state index in [9.17, 15) is 8.42 Å². The van der Waals surface area contributed by atoms with E-state index >= 15 is 0 Å². The van der Waals surface area contributed by atoms with Gasteiger partial charge in [-0.05, 0) is 17.9 Å². The van der Waals surface area contributed by atoms with Gasteiger partial charge in [0, 0.05) is 6.54 Å². The van der Waals surface area contributed by atoms with E-state index in [1.54, 1.807) is 11.8 Å². The van der Waals surface area contributed by atoms with Gasteiger partial charge in [0.25, 0.3) is 0 Å². The van der Waals surface area contributed by atoms with Crippen LogP contribution in [0.15, 0.2) is 35.3 Å². The maximum Gasteiger partial charge on any atom is 0.157 e. The lowest BCUT2D eigenvalue weighted by Gasteiger charge is -2.11. The molecule has 2 atom stereocenters. The van der Waals surface area contributed by atoms with E-state index in [2.05, 4.69) is 22.4 Å². The highest BCUT2D eigenvalue weighted by molar-refractivity contribution is 8.14. The Labute approximate surface area is 124 Å². The zero-order valence-corrected chi connectivity index (χ0v) is 12.8. The molecule has 0 spiro atoms. The Hall–Kier alpha value is -1.01. The summed E-state index contributed by atoms with van der Waals surface area (Å²) in [5, 5.41) is 4.64. The van der Waals surface area contributed by atoms with Crippen molar-refractivity contribution >= 4 is 26.8 Å². The van der Waals surface area contributed by atoms with Gasteiger partial charge in [0.05, 0.1) is 23.3 Å². The molecule has 1 saturated heterocycles. The molecule has 0 aromatic heterocycles. The Kier molecular flexibility index (Phi) is 4.03. The van der Waals surface area contributed by atoms with E-state index in [1.165, 1.54) is 5.56 Å². The predicted octanol–water partition coefficient (Wildman–Crippen LogP) is 1.85. The molecule has 20 heavy (non-hydrogen) atoms. The number of aliphatic imine (C=N–C) groups is 1. The third-order valence-corrected chi connectivity index (χ3v) is 6.73. The van der Waals surface area contributed by atoms with Crippen molar-refractivity contribution in [2.75, 3.05) is 24.6 Å². The molecule has 0 aliphatic carbocycles. The average Bonchev–Trinajstić information content (AvgIpc) is 3.04. The van der Waals surface area contributed by atoms with Crippen LogP contribution >= 0.6 is 11.8 Å². The van der Waals surface area contributed by atoms with Gasteiger partial charge in [0.2, 0.25) is 0 Å². The fraction of sp³-hybridized carbons (Fsp3) is 0.500. The van der Waals surface area contributed by atoms with E-state index in [1.807, 2.05) is 18.2 Å². The number of nitrogens with zero attached hydrogens (tertiary/aromatic N) is 1. The molecule has 2 unspecified atom stereocenters. The molecule has 1 N–H and O–H groups in total. The molecule has 2 aliphatic heterocycles. The lowest BCUT2D eigenvalue weighted by atomic mass is 10.1. The largest absolute Gasteiger partial charge is 0.365 e. The maximum absolute atomic E-state index is 11.4. The second kappa shape index (κ2) is 5.77. The van der Waals surface area contributed by atoms with E-state index in [0.717, 1.165) is 18.1 Å². The number of thioether (sulfide) groups is 1. The average molecular weight is 310 g/mol. The standard InChI is InChI=1S/C14H18N2O2S2/c17-20(18)7-6-11(10-20)8-15-14-16-9-13(19-14)12-4-2-1-3-5-12/h1-5,11,13H,6-10H2,(H,15,16). The number of nitrogens with one attached hydrogen (secondary N) is 1. The molecule has 0 radical (unpaired) electrons. The summed E-state index contributed by atoms with van der Waals surface area (Å²) in [5.41, 5.74) is 1.29. The van der Waals surface area contributed by atoms with Crippen LogP contribution in [0.4, 0.5) is 0 Å². The van der Waals surface area contributed by atoms with Crippen molar-refractivity contribution in [2.24, 2.45) is 10.9 Å². The number of rotatable bonds is 3. The van der Waals surface area contributed by atoms with Gasteiger partial charge >= 0.3 is 0 Å². The van der Waals surface area contributed by atoms with Gasteiger partial charge in [-0.15, -0.1) is 0 Å². The van der Waals surface area contributed by atoms with Crippen LogP contribution in [-0.4, -0.2) is 38.2 Å². The molecular formula is C14H18N2O2S2. The highest BCUT2D eigenvalue weighted by Gasteiger charge is 2.28. The summed E-state index contributed by atoms with van der Waals surface area (Å²) in [6.07, 6.45) is 0.773. The molecule has 0 amide bonds. The first-order valence-electron chi connectivity index (χ1n) is 6.83. The van der Waals surface area contributed by atoms with Crippen molar-refractivity contribution in [3.63, 3.8) is 0 Å². The number of sulfone groups is 1. The molecule has 2 heterocycles. The van der Waals surface area contributed by atoms with Crippen LogP contribution < -0.4 is 5.32 Å². The van der Waals surface area contributed by atoms with Crippen molar-refractivity contribution in [3.05, 3.63) is 35.9 Å². The maximum atomic E-state index is 11.4. The van der Waals surface area contributed by atoms with Gasteiger partial charge in [-0.1, -0.05) is 42.1 Å². The van der Waals surface area contributed by atoms with Gasteiger partial charge in [-0.2, -0.15) is 0 Å². The summed E-state index contributed by atoms with van der Waals surface area (Å²) in [7, 11) is -2.78. The quantitative estimate of drug-likeness (QED) is 0.926. The van der Waals surface area contributed by atoms with Gasteiger partial charge in [-0.25, -0.2) is 8.42 Å². The van der Waals surface area contributed by atoms with Crippen LogP contribution in [0.5, 0.6) is 0 Å². The van der Waals surface area contributed by atoms with Crippen LogP contribution in [0.25, 0.3) is 0 Å². The van der Waals surface area contributed by atoms with Gasteiger partial charge in [0.15, 0.2) is 15.0 Å². The topological polar surface area (TPSA) is 58.5 Å². The molecule has 0 bridgehead atoms. The van der Waals surface area contributed by atoms with E-state index in [-0.39, 0.29) is 5.92 Å². The normalized spacial score (nSPS) is 28.3. The molecule has 2 aliphatic rings. The molecule has 1 fully saturated rings. The van der Waals surface area contributed by atoms with E-state index in [4.69, 9.17) is 0 Å². The minimum Gasteiger partial charge on any atom is -0.365 e. The van der Waals surface area contributed by atoms with Crippen molar-refractivity contribution in [2.45, 2.75) is 11.7 Å². The smallest absolute Gasteiger partial charge is 0.157 e. The SMILES string of the molecule is O=S1(=O)CCC(CNC2=NCC(c3ccccc3)S2)C1. The predicted molar refractivity (Wildman–Crippen MR) is 83.8 cm³/mol. The number of hydrogen-bond acceptors (Lipinski definition) is 5. The number of amidine groups is 1. The summed E-state index contributed by atoms with van der Waals surface area (Å²) in [6, 6.07) is 10.4. The fourth-order valence-electron chi connectivity index (χ4n) is 2.58. The minimum atomic E-state index is -2.78. The second-order valence-corrected chi connectivity index (χ2v) is 8.73. The van der Waals surface area contributed by atoms with Gasteiger partial charge in [0.1, 0.15) is 0 Å². The summed E-state index contributed by atoms with van der Waals surface area (Å²) >= 11 is 1.74. The zero-order valence-electron chi connectivity index (χ0n) is 11.2. The van der Waals surface area contributed by atoms with Crippen LogP contribution in [0.3, 0.4) is 0 Å². The molecule has 4 nitrogen and oxygen atoms in total. The Bertz CT molecular complexity index is 599. The first kappa shape index (κ1) is 13.9. The molecule has 3 rings (SSSR count). The molecule has 1 aromatic rings. The summed E-state index contributed by atoms with van der Waals surface area (Å²) in [5.74, 6) is 0.894. The van der Waals surface area contributed by atoms with Crippen molar-refractivity contribution < 1.29 is 8.42 Å². The van der Waals surface area contributed by atoms with Crippen LogP contribution in [0, 0.1) is 5.92 Å². The van der Waals surface area contributed by atoms with Crippen LogP contribution in [0.1, 0.15) is 17.2 Å². The van der Waals surface area contributed by atoms with Gasteiger partial charge in [-0.3, -0.25) is 4.99 Å². The summed E-state index contributed by atoms with van der Waals surface area (Å²) in [4.78, 5) is 4.51. The first-order chi connectivity index (χ1) is 9.62. The number of benzene rings is 1. The molecule has 108 valence electrons. The van der Waals surface area contributed by atoms with E-state index in [0.29, 0.717) is 23.3 Å². The molecular weight excluding hydrogens is 292 g/mol. The lowest BCUT2D eigenvalue weighted by Crippen LogP contribution is -2.27. The van der Waals surface area contributed by atoms with Crippen LogP contribution in [-0.2, 0) is 9.84 Å². The summed E-state index contributed by atoms with van der Waals surface area (Å²) < 4.78 is 22.8. The first-order valence-corrected chi connectivity index (χ1v) is 9.53. The lowest BCUT2D eigenvalue weighted by molar-refractivity contribution is 0.574. The van der Waals surface area contributed by atoms with E-state index < -0.39 is 9.84 Å². The Balaban J connectivity index is 1.49. The number of hydrogen-bond donors (Lipinski definition) is 1. The zero-order chi connectivity index (χ0) is 14.0. The Morgan fingerprint density at radius 2 is 2.10 bits per heavy atom. The van der Waals surface area contributed by atoms with Crippen molar-refractivity contribution in [3.8, 4) is 0 Å². The molecule has 1 aromatic carbocycles. The molecule has 0 saturated carbocycles. The fourth-order valence-corrected chi connectivity index (χ4v) is 5.47. The highest BCUT2D eigenvalue weighted by atomic mass is 32.2. The monoisotopic (exact) mass is 310 g/mol. The van der Waals surface area contributed by atoms with Crippen molar-refractivity contribution in [1.29, 1.82) is 0 Å². The van der Waals surface area contributed by atoms with Crippen molar-refractivity contribution in [1.82, 2.24) is 5.32 Å².